The average Bonchev–Trinajstić information content (AvgIpc) is 3.15. The van der Waals surface area contributed by atoms with Gasteiger partial charge in [0.15, 0.2) is 5.96 Å². The van der Waals surface area contributed by atoms with Crippen LogP contribution in [0, 0.1) is 0 Å². The Morgan fingerprint density at radius 1 is 1.12 bits per heavy atom. The molecule has 1 aliphatic heterocycles. The van der Waals surface area contributed by atoms with Crippen molar-refractivity contribution in [2.75, 3.05) is 32.8 Å². The molecular formula is C20H30N4O. The van der Waals surface area contributed by atoms with Crippen LogP contribution in [0.3, 0.4) is 0 Å². The number of nitrogens with zero attached hydrogens (tertiary/aromatic N) is 2. The monoisotopic (exact) mass is 342 g/mol. The Morgan fingerprint density at radius 3 is 2.48 bits per heavy atom. The summed E-state index contributed by atoms with van der Waals surface area (Å²) in [6.07, 6.45) is 6.63. The first-order chi connectivity index (χ1) is 12.3. The highest BCUT2D eigenvalue weighted by Gasteiger charge is 2.12. The maximum atomic E-state index is 5.41. The van der Waals surface area contributed by atoms with Crippen LogP contribution in [0.1, 0.15) is 30.9 Å². The van der Waals surface area contributed by atoms with Gasteiger partial charge in [-0.25, -0.2) is 4.99 Å². The lowest BCUT2D eigenvalue weighted by Crippen LogP contribution is -2.42. The van der Waals surface area contributed by atoms with Crippen LogP contribution >= 0.6 is 0 Å². The van der Waals surface area contributed by atoms with E-state index in [9.17, 15) is 0 Å². The SMILES string of the molecule is CCNC(=NCc1ccc(CN2CCOCC2)cc1)NC1CC=CC1. The molecule has 0 unspecified atom stereocenters. The van der Waals surface area contributed by atoms with Gasteiger partial charge in [-0.3, -0.25) is 4.90 Å². The molecule has 136 valence electrons. The summed E-state index contributed by atoms with van der Waals surface area (Å²) in [4.78, 5) is 7.18. The zero-order chi connectivity index (χ0) is 17.3. The minimum Gasteiger partial charge on any atom is -0.379 e. The van der Waals surface area contributed by atoms with Crippen LogP contribution in [0.15, 0.2) is 41.4 Å². The van der Waals surface area contributed by atoms with Crippen molar-refractivity contribution < 1.29 is 4.74 Å². The fraction of sp³-hybridized carbons (Fsp3) is 0.550. The van der Waals surface area contributed by atoms with Crippen LogP contribution in [0.25, 0.3) is 0 Å². The van der Waals surface area contributed by atoms with Crippen LogP contribution in [-0.4, -0.2) is 49.7 Å². The summed E-state index contributed by atoms with van der Waals surface area (Å²) in [6, 6.07) is 9.32. The lowest BCUT2D eigenvalue weighted by Gasteiger charge is -2.26. The summed E-state index contributed by atoms with van der Waals surface area (Å²) >= 11 is 0. The van der Waals surface area contributed by atoms with E-state index in [0.29, 0.717) is 12.6 Å². The molecule has 3 rings (SSSR count). The third-order valence-electron chi connectivity index (χ3n) is 4.65. The second kappa shape index (κ2) is 9.59. The van der Waals surface area contributed by atoms with Crippen molar-refractivity contribution in [3.8, 4) is 0 Å². The van der Waals surface area contributed by atoms with Crippen molar-refractivity contribution in [2.24, 2.45) is 4.99 Å². The fourth-order valence-corrected chi connectivity index (χ4v) is 3.19. The Bertz CT molecular complexity index is 568. The summed E-state index contributed by atoms with van der Waals surface area (Å²) in [5, 5.41) is 6.85. The molecule has 2 N–H and O–H groups in total. The largest absolute Gasteiger partial charge is 0.379 e. The van der Waals surface area contributed by atoms with Gasteiger partial charge in [0.25, 0.3) is 0 Å². The van der Waals surface area contributed by atoms with Crippen LogP contribution in [0.5, 0.6) is 0 Å². The smallest absolute Gasteiger partial charge is 0.191 e. The van der Waals surface area contributed by atoms with Gasteiger partial charge in [0.1, 0.15) is 0 Å². The highest BCUT2D eigenvalue weighted by Crippen LogP contribution is 2.11. The van der Waals surface area contributed by atoms with Gasteiger partial charge in [-0.05, 0) is 30.9 Å². The van der Waals surface area contributed by atoms with E-state index in [4.69, 9.17) is 9.73 Å². The van der Waals surface area contributed by atoms with E-state index in [2.05, 4.69) is 58.9 Å². The predicted molar refractivity (Wildman–Crippen MR) is 103 cm³/mol. The molecule has 0 radical (unpaired) electrons. The van der Waals surface area contributed by atoms with E-state index in [1.807, 2.05) is 0 Å². The Kier molecular flexibility index (Phi) is 6.89. The minimum absolute atomic E-state index is 0.480. The average molecular weight is 342 g/mol. The van der Waals surface area contributed by atoms with E-state index < -0.39 is 0 Å². The van der Waals surface area contributed by atoms with E-state index in [1.165, 1.54) is 11.1 Å². The molecule has 0 aromatic heterocycles. The van der Waals surface area contributed by atoms with Crippen LogP contribution in [0.2, 0.25) is 0 Å². The van der Waals surface area contributed by atoms with Crippen molar-refractivity contribution in [2.45, 2.75) is 38.9 Å². The van der Waals surface area contributed by atoms with E-state index in [1.54, 1.807) is 0 Å². The first-order valence-corrected chi connectivity index (χ1v) is 9.41. The van der Waals surface area contributed by atoms with Crippen molar-refractivity contribution >= 4 is 5.96 Å². The molecule has 1 saturated heterocycles. The topological polar surface area (TPSA) is 48.9 Å². The Hall–Kier alpha value is -1.85. The van der Waals surface area contributed by atoms with E-state index in [-0.39, 0.29) is 0 Å². The van der Waals surface area contributed by atoms with Crippen LogP contribution in [0.4, 0.5) is 0 Å². The van der Waals surface area contributed by atoms with Crippen molar-refractivity contribution in [3.63, 3.8) is 0 Å². The number of nitrogens with one attached hydrogen (secondary N) is 2. The number of ether oxygens (including phenoxy) is 1. The van der Waals surface area contributed by atoms with Gasteiger partial charge in [-0.15, -0.1) is 0 Å². The molecule has 1 fully saturated rings. The minimum atomic E-state index is 0.480. The number of benzene rings is 1. The van der Waals surface area contributed by atoms with Crippen LogP contribution < -0.4 is 10.6 Å². The summed E-state index contributed by atoms with van der Waals surface area (Å²) in [7, 11) is 0. The predicted octanol–water partition coefficient (Wildman–Crippen LogP) is 2.29. The Balaban J connectivity index is 1.51. The van der Waals surface area contributed by atoms with E-state index >= 15 is 0 Å². The van der Waals surface area contributed by atoms with Gasteiger partial charge in [0.2, 0.25) is 0 Å². The quantitative estimate of drug-likeness (QED) is 0.473. The molecule has 0 atom stereocenters. The first-order valence-electron chi connectivity index (χ1n) is 9.41. The highest BCUT2D eigenvalue weighted by molar-refractivity contribution is 5.80. The lowest BCUT2D eigenvalue weighted by molar-refractivity contribution is 0.0342. The maximum absolute atomic E-state index is 5.41. The van der Waals surface area contributed by atoms with Gasteiger partial charge in [0, 0.05) is 32.2 Å². The molecular weight excluding hydrogens is 312 g/mol. The molecule has 0 amide bonds. The molecule has 1 aromatic rings. The van der Waals surface area contributed by atoms with E-state index in [0.717, 1.165) is 58.2 Å². The number of morpholine rings is 1. The summed E-state index contributed by atoms with van der Waals surface area (Å²) in [5.41, 5.74) is 2.60. The van der Waals surface area contributed by atoms with Gasteiger partial charge in [-0.2, -0.15) is 0 Å². The van der Waals surface area contributed by atoms with Gasteiger partial charge < -0.3 is 15.4 Å². The Morgan fingerprint density at radius 2 is 1.80 bits per heavy atom. The van der Waals surface area contributed by atoms with Gasteiger partial charge in [0.05, 0.1) is 19.8 Å². The molecule has 25 heavy (non-hydrogen) atoms. The molecule has 1 aliphatic carbocycles. The number of hydrogen-bond donors (Lipinski definition) is 2. The first kappa shape index (κ1) is 18.0. The zero-order valence-corrected chi connectivity index (χ0v) is 15.2. The molecule has 1 aromatic carbocycles. The third kappa shape index (κ3) is 5.87. The fourth-order valence-electron chi connectivity index (χ4n) is 3.19. The molecule has 5 heteroatoms. The molecule has 5 nitrogen and oxygen atoms in total. The third-order valence-corrected chi connectivity index (χ3v) is 4.65. The molecule has 0 bridgehead atoms. The number of rotatable bonds is 6. The Labute approximate surface area is 151 Å². The summed E-state index contributed by atoms with van der Waals surface area (Å²) in [5.74, 6) is 0.911. The summed E-state index contributed by atoms with van der Waals surface area (Å²) in [6.45, 7) is 8.45. The molecule has 0 spiro atoms. The maximum Gasteiger partial charge on any atom is 0.191 e. The number of guanidine groups is 1. The number of aliphatic imine (C=N–C) groups is 1. The normalized spacial score (nSPS) is 19.3. The second-order valence-electron chi connectivity index (χ2n) is 6.68. The van der Waals surface area contributed by atoms with Crippen molar-refractivity contribution in [1.29, 1.82) is 0 Å². The van der Waals surface area contributed by atoms with Crippen LogP contribution in [-0.2, 0) is 17.8 Å². The molecule has 1 heterocycles. The lowest BCUT2D eigenvalue weighted by atomic mass is 10.1. The van der Waals surface area contributed by atoms with Gasteiger partial charge >= 0.3 is 0 Å². The second-order valence-corrected chi connectivity index (χ2v) is 6.68. The zero-order valence-electron chi connectivity index (χ0n) is 15.2. The van der Waals surface area contributed by atoms with Gasteiger partial charge in [-0.1, -0.05) is 36.4 Å². The molecule has 0 saturated carbocycles. The van der Waals surface area contributed by atoms with Crippen molar-refractivity contribution in [3.05, 3.63) is 47.5 Å². The number of hydrogen-bond acceptors (Lipinski definition) is 3. The molecule has 2 aliphatic rings. The highest BCUT2D eigenvalue weighted by atomic mass is 16.5. The summed E-state index contributed by atoms with van der Waals surface area (Å²) < 4.78 is 5.41. The van der Waals surface area contributed by atoms with Crippen molar-refractivity contribution in [1.82, 2.24) is 15.5 Å². The standard InChI is InChI=1S/C20H30N4O/c1-2-21-20(23-19-5-3-4-6-19)22-15-17-7-9-18(10-8-17)16-24-11-13-25-14-12-24/h3-4,7-10,19H,2,5-6,11-16H2,1H3,(H2,21,22,23).